The van der Waals surface area contributed by atoms with Gasteiger partial charge in [0.05, 0.1) is 23.6 Å². The van der Waals surface area contributed by atoms with E-state index in [2.05, 4.69) is 0 Å². The van der Waals surface area contributed by atoms with Crippen LogP contribution in [0.4, 0.5) is 32.0 Å². The molecule has 0 amide bonds. The molecule has 2 rings (SSSR count). The van der Waals surface area contributed by atoms with Gasteiger partial charge in [-0.15, -0.1) is 0 Å². The predicted molar refractivity (Wildman–Crippen MR) is 84.2 cm³/mol. The van der Waals surface area contributed by atoms with Crippen LogP contribution in [0.5, 0.6) is 0 Å². The van der Waals surface area contributed by atoms with E-state index < -0.39 is 23.5 Å². The van der Waals surface area contributed by atoms with E-state index in [0.29, 0.717) is 17.7 Å². The molecule has 138 valence electrons. The van der Waals surface area contributed by atoms with E-state index in [9.17, 15) is 26.3 Å². The molecule has 0 bridgehead atoms. The molecule has 0 N–H and O–H groups in total. The van der Waals surface area contributed by atoms with Gasteiger partial charge in [0.25, 0.3) is 0 Å². The monoisotopic (exact) mass is 372 g/mol. The average molecular weight is 372 g/mol. The normalized spacial score (nSPS) is 11.9. The summed E-state index contributed by atoms with van der Waals surface area (Å²) in [5.41, 5.74) is -2.28. The third-order valence-electron chi connectivity index (χ3n) is 3.65. The summed E-state index contributed by atoms with van der Waals surface area (Å²) in [5, 5.41) is 8.76. The number of nitriles is 1. The maximum atomic E-state index is 13.0. The Balaban J connectivity index is 2.50. The van der Waals surface area contributed by atoms with E-state index in [1.54, 1.807) is 30.3 Å². The Morgan fingerprint density at radius 1 is 0.846 bits per heavy atom. The first-order chi connectivity index (χ1) is 12.1. The first kappa shape index (κ1) is 19.6. The Morgan fingerprint density at radius 2 is 1.38 bits per heavy atom. The van der Waals surface area contributed by atoms with E-state index in [0.717, 1.165) is 0 Å². The largest absolute Gasteiger partial charge is 0.416 e. The highest BCUT2D eigenvalue weighted by atomic mass is 19.4. The lowest BCUT2D eigenvalue weighted by molar-refractivity contribution is -0.143. The van der Waals surface area contributed by atoms with Crippen LogP contribution in [-0.2, 0) is 18.9 Å². The summed E-state index contributed by atoms with van der Waals surface area (Å²) in [6.45, 7) is 0.0884. The maximum absolute atomic E-state index is 13.0. The second-order valence-corrected chi connectivity index (χ2v) is 5.58. The number of alkyl halides is 6. The van der Waals surface area contributed by atoms with Crippen molar-refractivity contribution in [1.29, 1.82) is 5.26 Å². The van der Waals surface area contributed by atoms with Crippen LogP contribution < -0.4 is 4.90 Å². The van der Waals surface area contributed by atoms with E-state index >= 15 is 0 Å². The zero-order valence-corrected chi connectivity index (χ0v) is 13.4. The number of rotatable bonds is 5. The fourth-order valence-corrected chi connectivity index (χ4v) is 2.41. The number of anilines is 1. The van der Waals surface area contributed by atoms with Crippen molar-refractivity contribution < 1.29 is 26.3 Å². The molecule has 0 fully saturated rings. The molecule has 2 aromatic rings. The standard InChI is InChI=1S/C18H14F6N2/c19-17(20,21)14-9-15(18(22,23)24)11-16(10-14)26(8-4-7-25)12-13-5-2-1-3-6-13/h1-3,5-6,9-11H,4,8,12H2. The summed E-state index contributed by atoms with van der Waals surface area (Å²) in [4.78, 5) is 1.34. The Bertz CT molecular complexity index is 743. The molecule has 0 saturated heterocycles. The Morgan fingerprint density at radius 3 is 1.85 bits per heavy atom. The first-order valence-corrected chi connectivity index (χ1v) is 7.56. The van der Waals surface area contributed by atoms with E-state index in [-0.39, 0.29) is 31.3 Å². The smallest absolute Gasteiger partial charge is 0.366 e. The zero-order chi connectivity index (χ0) is 19.4. The zero-order valence-electron chi connectivity index (χ0n) is 13.4. The van der Waals surface area contributed by atoms with Gasteiger partial charge in [0.1, 0.15) is 0 Å². The molecule has 26 heavy (non-hydrogen) atoms. The van der Waals surface area contributed by atoms with Crippen molar-refractivity contribution in [2.24, 2.45) is 0 Å². The maximum Gasteiger partial charge on any atom is 0.416 e. The van der Waals surface area contributed by atoms with E-state index in [1.807, 2.05) is 6.07 Å². The molecule has 0 atom stereocenters. The minimum absolute atomic E-state index is 0.00397. The van der Waals surface area contributed by atoms with E-state index in [4.69, 9.17) is 5.26 Å². The van der Waals surface area contributed by atoms with Gasteiger partial charge in [-0.1, -0.05) is 30.3 Å². The molecule has 0 aliphatic carbocycles. The van der Waals surface area contributed by atoms with Gasteiger partial charge >= 0.3 is 12.4 Å². The molecule has 0 saturated carbocycles. The molecule has 8 heteroatoms. The molecule has 0 aliphatic heterocycles. The Labute approximate surface area is 146 Å². The Hall–Kier alpha value is -2.69. The summed E-state index contributed by atoms with van der Waals surface area (Å²) in [5.74, 6) is 0. The van der Waals surface area contributed by atoms with Gasteiger partial charge in [0.2, 0.25) is 0 Å². The highest BCUT2D eigenvalue weighted by molar-refractivity contribution is 5.53. The molecule has 2 nitrogen and oxygen atoms in total. The van der Waals surface area contributed by atoms with Gasteiger partial charge in [-0.25, -0.2) is 0 Å². The summed E-state index contributed by atoms with van der Waals surface area (Å²) >= 11 is 0. The van der Waals surface area contributed by atoms with Gasteiger partial charge in [-0.05, 0) is 23.8 Å². The summed E-state index contributed by atoms with van der Waals surface area (Å²) in [6.07, 6.45) is -9.86. The summed E-state index contributed by atoms with van der Waals surface area (Å²) in [7, 11) is 0. The van der Waals surface area contributed by atoms with Gasteiger partial charge in [0, 0.05) is 18.8 Å². The summed E-state index contributed by atoms with van der Waals surface area (Å²) in [6, 6.07) is 11.9. The van der Waals surface area contributed by atoms with Crippen LogP contribution in [0.1, 0.15) is 23.1 Å². The van der Waals surface area contributed by atoms with Crippen LogP contribution in [0.25, 0.3) is 0 Å². The quantitative estimate of drug-likeness (QED) is 0.635. The number of nitrogens with zero attached hydrogens (tertiary/aromatic N) is 2. The van der Waals surface area contributed by atoms with Gasteiger partial charge < -0.3 is 4.90 Å². The average Bonchev–Trinajstić information content (AvgIpc) is 2.57. The second-order valence-electron chi connectivity index (χ2n) is 5.58. The van der Waals surface area contributed by atoms with Crippen molar-refractivity contribution in [3.05, 3.63) is 65.2 Å². The molecule has 0 aromatic heterocycles. The molecule has 2 aromatic carbocycles. The van der Waals surface area contributed by atoms with Crippen molar-refractivity contribution in [3.63, 3.8) is 0 Å². The number of halogens is 6. The minimum Gasteiger partial charge on any atom is -0.366 e. The van der Waals surface area contributed by atoms with Crippen LogP contribution >= 0.6 is 0 Å². The minimum atomic E-state index is -4.91. The first-order valence-electron chi connectivity index (χ1n) is 7.56. The molecular formula is C18H14F6N2. The lowest BCUT2D eigenvalue weighted by atomic mass is 10.1. The second kappa shape index (κ2) is 7.68. The van der Waals surface area contributed by atoms with Gasteiger partial charge in [0.15, 0.2) is 0 Å². The van der Waals surface area contributed by atoms with Crippen LogP contribution in [0.15, 0.2) is 48.5 Å². The SMILES string of the molecule is N#CCCN(Cc1ccccc1)c1cc(C(F)(F)F)cc(C(F)(F)F)c1. The fourth-order valence-electron chi connectivity index (χ4n) is 2.41. The number of hydrogen-bond acceptors (Lipinski definition) is 2. The fraction of sp³-hybridized carbons (Fsp3) is 0.278. The van der Waals surface area contributed by atoms with Gasteiger partial charge in [-0.3, -0.25) is 0 Å². The van der Waals surface area contributed by atoms with Gasteiger partial charge in [-0.2, -0.15) is 31.6 Å². The molecule has 0 unspecified atom stereocenters. The third-order valence-corrected chi connectivity index (χ3v) is 3.65. The predicted octanol–water partition coefficient (Wildman–Crippen LogP) is 5.64. The van der Waals surface area contributed by atoms with Crippen LogP contribution in [0.3, 0.4) is 0 Å². The number of hydrogen-bond donors (Lipinski definition) is 0. The van der Waals surface area contributed by atoms with Crippen LogP contribution in [-0.4, -0.2) is 6.54 Å². The van der Waals surface area contributed by atoms with Crippen molar-refractivity contribution >= 4 is 5.69 Å². The highest BCUT2D eigenvalue weighted by Gasteiger charge is 2.37. The molecule has 0 spiro atoms. The molecule has 0 heterocycles. The topological polar surface area (TPSA) is 27.0 Å². The lowest BCUT2D eigenvalue weighted by Gasteiger charge is -2.26. The third kappa shape index (κ3) is 5.15. The van der Waals surface area contributed by atoms with Crippen molar-refractivity contribution in [1.82, 2.24) is 0 Å². The number of benzene rings is 2. The summed E-state index contributed by atoms with van der Waals surface area (Å²) < 4.78 is 78.2. The van der Waals surface area contributed by atoms with Crippen LogP contribution in [0, 0.1) is 11.3 Å². The van der Waals surface area contributed by atoms with E-state index in [1.165, 1.54) is 4.90 Å². The van der Waals surface area contributed by atoms with Crippen LogP contribution in [0.2, 0.25) is 0 Å². The van der Waals surface area contributed by atoms with Crippen molar-refractivity contribution in [2.45, 2.75) is 25.3 Å². The molecular weight excluding hydrogens is 358 g/mol. The lowest BCUT2D eigenvalue weighted by Crippen LogP contribution is -2.25. The van der Waals surface area contributed by atoms with Crippen molar-refractivity contribution in [3.8, 4) is 6.07 Å². The highest BCUT2D eigenvalue weighted by Crippen LogP contribution is 2.38. The molecule has 0 radical (unpaired) electrons. The molecule has 0 aliphatic rings. The Kier molecular flexibility index (Phi) is 5.80. The van der Waals surface area contributed by atoms with Crippen molar-refractivity contribution in [2.75, 3.05) is 11.4 Å².